The van der Waals surface area contributed by atoms with Crippen LogP contribution < -0.4 is 4.90 Å². The number of anilines is 1. The molecule has 1 saturated carbocycles. The zero-order valence-corrected chi connectivity index (χ0v) is 13.7. The lowest BCUT2D eigenvalue weighted by Crippen LogP contribution is -2.41. The minimum absolute atomic E-state index is 0.298. The summed E-state index contributed by atoms with van der Waals surface area (Å²) in [5.74, 6) is 1.88. The van der Waals surface area contributed by atoms with Crippen molar-refractivity contribution >= 4 is 11.9 Å². The van der Waals surface area contributed by atoms with E-state index in [2.05, 4.69) is 33.6 Å². The summed E-state index contributed by atoms with van der Waals surface area (Å²) >= 11 is 0. The fourth-order valence-electron chi connectivity index (χ4n) is 3.09. The molecule has 5 nitrogen and oxygen atoms in total. The van der Waals surface area contributed by atoms with E-state index in [1.807, 2.05) is 12.3 Å². The normalized spacial score (nSPS) is 20.0. The highest BCUT2D eigenvalue weighted by atomic mass is 16.2. The molecule has 0 bridgehead atoms. The van der Waals surface area contributed by atoms with Gasteiger partial charge in [-0.3, -0.25) is 4.79 Å². The number of carbonyl (C=O) groups is 1. The predicted molar refractivity (Wildman–Crippen MR) is 86.9 cm³/mol. The minimum atomic E-state index is 0.298. The van der Waals surface area contributed by atoms with Gasteiger partial charge in [-0.15, -0.1) is 0 Å². The van der Waals surface area contributed by atoms with Crippen molar-refractivity contribution in [3.8, 4) is 0 Å². The van der Waals surface area contributed by atoms with Gasteiger partial charge in [-0.05, 0) is 31.2 Å². The lowest BCUT2D eigenvalue weighted by atomic mass is 9.84. The number of aromatic nitrogens is 2. The molecule has 2 heterocycles. The van der Waals surface area contributed by atoms with Crippen molar-refractivity contribution in [3.05, 3.63) is 18.0 Å². The largest absolute Gasteiger partial charge is 0.341 e. The van der Waals surface area contributed by atoms with Crippen molar-refractivity contribution in [1.29, 1.82) is 0 Å². The summed E-state index contributed by atoms with van der Waals surface area (Å²) < 4.78 is 0. The third-order valence-electron chi connectivity index (χ3n) is 4.80. The Bertz CT molecular complexity index is 527. The molecule has 1 amide bonds. The summed E-state index contributed by atoms with van der Waals surface area (Å²) in [6, 6.07) is 1.98. The summed E-state index contributed by atoms with van der Waals surface area (Å²) in [6.45, 7) is 7.72. The van der Waals surface area contributed by atoms with Crippen LogP contribution in [0.5, 0.6) is 0 Å². The Kier molecular flexibility index (Phi) is 4.60. The molecule has 1 aliphatic carbocycles. The van der Waals surface area contributed by atoms with Gasteiger partial charge in [-0.1, -0.05) is 20.3 Å². The second-order valence-electron chi connectivity index (χ2n) is 6.73. The lowest BCUT2D eigenvalue weighted by Gasteiger charge is -2.31. The van der Waals surface area contributed by atoms with E-state index in [9.17, 15) is 4.79 Å². The van der Waals surface area contributed by atoms with Crippen molar-refractivity contribution in [1.82, 2.24) is 14.9 Å². The van der Waals surface area contributed by atoms with Gasteiger partial charge < -0.3 is 9.80 Å². The van der Waals surface area contributed by atoms with E-state index in [4.69, 9.17) is 0 Å². The fraction of sp³-hybridized carbons (Fsp3) is 0.706. The first-order chi connectivity index (χ1) is 10.6. The molecule has 0 atom stereocenters. The van der Waals surface area contributed by atoms with Crippen LogP contribution in [0.3, 0.4) is 0 Å². The van der Waals surface area contributed by atoms with E-state index in [0.29, 0.717) is 17.7 Å². The van der Waals surface area contributed by atoms with Gasteiger partial charge in [-0.2, -0.15) is 0 Å². The van der Waals surface area contributed by atoms with Crippen molar-refractivity contribution in [2.24, 2.45) is 5.92 Å². The Morgan fingerprint density at radius 1 is 1.18 bits per heavy atom. The van der Waals surface area contributed by atoms with E-state index >= 15 is 0 Å². The Morgan fingerprint density at radius 2 is 2.00 bits per heavy atom. The Morgan fingerprint density at radius 3 is 2.68 bits per heavy atom. The summed E-state index contributed by atoms with van der Waals surface area (Å²) in [4.78, 5) is 25.8. The molecule has 1 aliphatic heterocycles. The molecule has 1 aromatic heterocycles. The molecule has 0 unspecified atom stereocenters. The molecule has 2 aliphatic rings. The van der Waals surface area contributed by atoms with Gasteiger partial charge >= 0.3 is 0 Å². The molecule has 3 rings (SSSR count). The maximum Gasteiger partial charge on any atom is 0.225 e. The smallest absolute Gasteiger partial charge is 0.225 e. The Labute approximate surface area is 132 Å². The van der Waals surface area contributed by atoms with Crippen molar-refractivity contribution in [2.75, 3.05) is 31.1 Å². The summed E-state index contributed by atoms with van der Waals surface area (Å²) in [5.41, 5.74) is 1.08. The number of rotatable bonds is 3. The SMILES string of the molecule is CC(C)c1ccnc(N2CCCN(C(=O)C3CCC3)CC2)n1. The van der Waals surface area contributed by atoms with E-state index in [1.165, 1.54) is 6.42 Å². The fourth-order valence-corrected chi connectivity index (χ4v) is 3.09. The topological polar surface area (TPSA) is 49.3 Å². The Hall–Kier alpha value is -1.65. The molecule has 0 aromatic carbocycles. The molecular weight excluding hydrogens is 276 g/mol. The average Bonchev–Trinajstić information content (AvgIpc) is 2.71. The molecule has 120 valence electrons. The first-order valence-electron chi connectivity index (χ1n) is 8.52. The van der Waals surface area contributed by atoms with Crippen LogP contribution in [0, 0.1) is 5.92 Å². The monoisotopic (exact) mass is 302 g/mol. The van der Waals surface area contributed by atoms with Crippen LogP contribution in [0.1, 0.15) is 51.1 Å². The minimum Gasteiger partial charge on any atom is -0.341 e. The van der Waals surface area contributed by atoms with Gasteiger partial charge in [0.1, 0.15) is 0 Å². The molecule has 0 N–H and O–H groups in total. The van der Waals surface area contributed by atoms with E-state index in [1.54, 1.807) is 0 Å². The van der Waals surface area contributed by atoms with Crippen LogP contribution in [0.4, 0.5) is 5.95 Å². The average molecular weight is 302 g/mol. The Balaban J connectivity index is 1.64. The zero-order valence-electron chi connectivity index (χ0n) is 13.7. The molecule has 2 fully saturated rings. The number of amides is 1. The first kappa shape index (κ1) is 15.3. The third-order valence-corrected chi connectivity index (χ3v) is 4.80. The lowest BCUT2D eigenvalue weighted by molar-refractivity contribution is -0.137. The summed E-state index contributed by atoms with van der Waals surface area (Å²) in [5, 5.41) is 0. The highest BCUT2D eigenvalue weighted by molar-refractivity contribution is 5.79. The van der Waals surface area contributed by atoms with Gasteiger partial charge in [0, 0.05) is 44.0 Å². The highest BCUT2D eigenvalue weighted by Gasteiger charge is 2.30. The quantitative estimate of drug-likeness (QED) is 0.860. The molecule has 1 aromatic rings. The van der Waals surface area contributed by atoms with Crippen molar-refractivity contribution in [2.45, 2.75) is 45.4 Å². The van der Waals surface area contributed by atoms with Gasteiger partial charge in [-0.25, -0.2) is 9.97 Å². The van der Waals surface area contributed by atoms with Gasteiger partial charge in [0.15, 0.2) is 0 Å². The standard InChI is InChI=1S/C17H26N4O/c1-13(2)15-7-8-18-17(19-15)21-10-4-9-20(11-12-21)16(22)14-5-3-6-14/h7-8,13-14H,3-6,9-12H2,1-2H3. The summed E-state index contributed by atoms with van der Waals surface area (Å²) in [7, 11) is 0. The highest BCUT2D eigenvalue weighted by Crippen LogP contribution is 2.28. The van der Waals surface area contributed by atoms with Crippen LogP contribution in [0.25, 0.3) is 0 Å². The maximum absolute atomic E-state index is 12.4. The third kappa shape index (κ3) is 3.23. The number of hydrogen-bond acceptors (Lipinski definition) is 4. The van der Waals surface area contributed by atoms with Crippen LogP contribution in [-0.2, 0) is 4.79 Å². The van der Waals surface area contributed by atoms with Crippen LogP contribution in [0.15, 0.2) is 12.3 Å². The second kappa shape index (κ2) is 6.63. The molecule has 0 radical (unpaired) electrons. The molecule has 5 heteroatoms. The van der Waals surface area contributed by atoms with Crippen molar-refractivity contribution < 1.29 is 4.79 Å². The van der Waals surface area contributed by atoms with E-state index in [0.717, 1.165) is 57.1 Å². The van der Waals surface area contributed by atoms with Crippen LogP contribution >= 0.6 is 0 Å². The molecular formula is C17H26N4O. The van der Waals surface area contributed by atoms with E-state index < -0.39 is 0 Å². The van der Waals surface area contributed by atoms with Gasteiger partial charge in [0.05, 0.1) is 0 Å². The summed E-state index contributed by atoms with van der Waals surface area (Å²) in [6.07, 6.45) is 6.22. The molecule has 0 spiro atoms. The molecule has 22 heavy (non-hydrogen) atoms. The number of carbonyl (C=O) groups excluding carboxylic acids is 1. The second-order valence-corrected chi connectivity index (χ2v) is 6.73. The number of hydrogen-bond donors (Lipinski definition) is 0. The van der Waals surface area contributed by atoms with Crippen LogP contribution in [0.2, 0.25) is 0 Å². The molecule has 1 saturated heterocycles. The van der Waals surface area contributed by atoms with Gasteiger partial charge in [0.2, 0.25) is 11.9 Å². The predicted octanol–water partition coefficient (Wildman–Crippen LogP) is 2.44. The zero-order chi connectivity index (χ0) is 15.5. The number of nitrogens with zero attached hydrogens (tertiary/aromatic N) is 4. The van der Waals surface area contributed by atoms with E-state index in [-0.39, 0.29) is 0 Å². The van der Waals surface area contributed by atoms with Gasteiger partial charge in [0.25, 0.3) is 0 Å². The van der Waals surface area contributed by atoms with Crippen molar-refractivity contribution in [3.63, 3.8) is 0 Å². The van der Waals surface area contributed by atoms with Crippen LogP contribution in [-0.4, -0.2) is 47.0 Å². The maximum atomic E-state index is 12.4. The first-order valence-corrected chi connectivity index (χ1v) is 8.52.